The summed E-state index contributed by atoms with van der Waals surface area (Å²) < 4.78 is 1.70. The number of hydrogen-bond acceptors (Lipinski definition) is 7. The van der Waals surface area contributed by atoms with E-state index in [-0.39, 0.29) is 44.6 Å². The van der Waals surface area contributed by atoms with Crippen LogP contribution >= 0.6 is 46.6 Å². The van der Waals surface area contributed by atoms with Crippen molar-refractivity contribution in [1.29, 1.82) is 0 Å². The quantitative estimate of drug-likeness (QED) is 0.171. The number of amides is 2. The number of thioether (sulfide) groups is 1. The molecule has 2 N–H and O–H groups in total. The zero-order chi connectivity index (χ0) is 27.3. The molecule has 2 aromatic carbocycles. The Morgan fingerprint density at radius 3 is 2.49 bits per heavy atom. The lowest BCUT2D eigenvalue weighted by molar-refractivity contribution is -0.384. The van der Waals surface area contributed by atoms with Gasteiger partial charge in [0.05, 0.1) is 38.0 Å². The van der Waals surface area contributed by atoms with E-state index in [1.807, 2.05) is 13.8 Å². The summed E-state index contributed by atoms with van der Waals surface area (Å²) in [5.41, 5.74) is 0.234. The van der Waals surface area contributed by atoms with Gasteiger partial charge in [-0.25, -0.2) is 0 Å². The van der Waals surface area contributed by atoms with E-state index < -0.39 is 16.9 Å². The number of anilines is 1. The minimum Gasteiger partial charge on any atom is -0.342 e. The molecule has 0 fully saturated rings. The van der Waals surface area contributed by atoms with Crippen LogP contribution in [0.2, 0.25) is 15.1 Å². The fourth-order valence-corrected chi connectivity index (χ4v) is 4.78. The monoisotopic (exact) mass is 584 g/mol. The molecule has 1 atom stereocenters. The molecule has 37 heavy (non-hydrogen) atoms. The van der Waals surface area contributed by atoms with Crippen molar-refractivity contribution in [3.05, 3.63) is 73.0 Å². The third-order valence-corrected chi connectivity index (χ3v) is 7.03. The summed E-state index contributed by atoms with van der Waals surface area (Å²) in [7, 11) is 1.74. The Morgan fingerprint density at radius 2 is 1.84 bits per heavy atom. The first-order valence-electron chi connectivity index (χ1n) is 11.0. The lowest BCUT2D eigenvalue weighted by Crippen LogP contribution is -2.31. The Hall–Kier alpha value is -2.86. The number of carbonyl (C=O) groups is 2. The van der Waals surface area contributed by atoms with Crippen LogP contribution in [0.25, 0.3) is 0 Å². The third kappa shape index (κ3) is 7.57. The number of halogens is 3. The average Bonchev–Trinajstić information content (AvgIpc) is 3.18. The van der Waals surface area contributed by atoms with E-state index in [9.17, 15) is 19.7 Å². The molecular formula is C23H23Cl3N6O4S. The van der Waals surface area contributed by atoms with Crippen LogP contribution < -0.4 is 10.6 Å². The van der Waals surface area contributed by atoms with Crippen LogP contribution in [0.15, 0.2) is 41.6 Å². The van der Waals surface area contributed by atoms with Crippen molar-refractivity contribution in [2.75, 3.05) is 11.1 Å². The van der Waals surface area contributed by atoms with Gasteiger partial charge >= 0.3 is 0 Å². The van der Waals surface area contributed by atoms with E-state index >= 15 is 0 Å². The molecule has 0 radical (unpaired) electrons. The fraction of sp³-hybridized carbons (Fsp3) is 0.304. The summed E-state index contributed by atoms with van der Waals surface area (Å²) in [6, 6.07) is 7.96. The number of rotatable bonds is 10. The predicted molar refractivity (Wildman–Crippen MR) is 145 cm³/mol. The number of non-ortho nitro benzene ring substituents is 1. The van der Waals surface area contributed by atoms with Crippen LogP contribution in [0.1, 0.15) is 42.5 Å². The van der Waals surface area contributed by atoms with Gasteiger partial charge in [-0.05, 0) is 36.6 Å². The highest BCUT2D eigenvalue weighted by atomic mass is 35.5. The molecule has 196 valence electrons. The summed E-state index contributed by atoms with van der Waals surface area (Å²) in [5, 5.41) is 26.2. The molecule has 0 bridgehead atoms. The van der Waals surface area contributed by atoms with E-state index in [0.29, 0.717) is 22.4 Å². The van der Waals surface area contributed by atoms with Gasteiger partial charge in [0, 0.05) is 24.2 Å². The first-order valence-corrected chi connectivity index (χ1v) is 13.1. The second-order valence-electron chi connectivity index (χ2n) is 8.44. The maximum atomic E-state index is 12.9. The Bertz CT molecular complexity index is 1330. The van der Waals surface area contributed by atoms with Crippen LogP contribution in [0, 0.1) is 16.0 Å². The molecule has 0 saturated carbocycles. The smallest absolute Gasteiger partial charge is 0.271 e. The number of nitrogens with one attached hydrogen (secondary N) is 2. The molecule has 1 aromatic heterocycles. The van der Waals surface area contributed by atoms with Crippen LogP contribution in [0.5, 0.6) is 0 Å². The van der Waals surface area contributed by atoms with Crippen molar-refractivity contribution >= 4 is 69.8 Å². The normalized spacial score (nSPS) is 11.9. The van der Waals surface area contributed by atoms with Gasteiger partial charge in [0.15, 0.2) is 11.0 Å². The molecule has 0 aliphatic rings. The number of nitro benzene ring substituents is 1. The predicted octanol–water partition coefficient (Wildman–Crippen LogP) is 5.93. The number of carbonyl (C=O) groups excluding carboxylic acids is 2. The molecule has 0 spiro atoms. The Labute approximate surface area is 232 Å². The minimum absolute atomic E-state index is 0.0490. The Balaban J connectivity index is 1.71. The Kier molecular flexibility index (Phi) is 9.77. The molecule has 0 aliphatic heterocycles. The van der Waals surface area contributed by atoms with Gasteiger partial charge in [-0.15, -0.1) is 10.2 Å². The largest absolute Gasteiger partial charge is 0.342 e. The first-order chi connectivity index (χ1) is 17.5. The highest BCUT2D eigenvalue weighted by Crippen LogP contribution is 2.28. The number of aromatic nitrogens is 3. The molecule has 1 heterocycles. The first kappa shape index (κ1) is 28.7. The number of hydrogen-bond donors (Lipinski definition) is 2. The standard InChI is InChI=1S/C23H23Cl3N6O4S/c1-12(2)8-19(28-22(34)15-6-4-13(24)9-17(15)26)21-29-30-23(31(21)3)37-11-20(33)27-18-10-14(32(35)36)5-7-16(18)25/h4-7,9-10,12,19H,8,11H2,1-3H3,(H,27,33)(H,28,34)/t19-/m0/s1. The van der Waals surface area contributed by atoms with E-state index in [1.54, 1.807) is 23.7 Å². The lowest BCUT2D eigenvalue weighted by Gasteiger charge is -2.20. The number of benzene rings is 2. The molecule has 2 amide bonds. The molecule has 14 heteroatoms. The number of nitro groups is 1. The van der Waals surface area contributed by atoms with Crippen molar-refractivity contribution < 1.29 is 14.5 Å². The fourth-order valence-electron chi connectivity index (χ4n) is 3.40. The highest BCUT2D eigenvalue weighted by Gasteiger charge is 2.25. The summed E-state index contributed by atoms with van der Waals surface area (Å²) in [6.07, 6.45) is 0.583. The minimum atomic E-state index is -0.574. The summed E-state index contributed by atoms with van der Waals surface area (Å²) in [6.45, 7) is 4.04. The summed E-state index contributed by atoms with van der Waals surface area (Å²) >= 11 is 19.3. The van der Waals surface area contributed by atoms with Gasteiger partial charge < -0.3 is 15.2 Å². The van der Waals surface area contributed by atoms with Gasteiger partial charge in [0.25, 0.3) is 11.6 Å². The van der Waals surface area contributed by atoms with Crippen molar-refractivity contribution in [3.63, 3.8) is 0 Å². The van der Waals surface area contributed by atoms with Gasteiger partial charge in [0.1, 0.15) is 0 Å². The van der Waals surface area contributed by atoms with E-state index in [4.69, 9.17) is 34.8 Å². The zero-order valence-electron chi connectivity index (χ0n) is 20.0. The summed E-state index contributed by atoms with van der Waals surface area (Å²) in [5.74, 6) is -0.118. The molecule has 0 unspecified atom stereocenters. The molecule has 3 rings (SSSR count). The molecule has 0 saturated heterocycles. The highest BCUT2D eigenvalue weighted by molar-refractivity contribution is 7.99. The van der Waals surface area contributed by atoms with E-state index in [2.05, 4.69) is 20.8 Å². The molecule has 10 nitrogen and oxygen atoms in total. The SMILES string of the molecule is CC(C)C[C@H](NC(=O)c1ccc(Cl)cc1Cl)c1nnc(SCC(=O)Nc2cc([N+](=O)[O-])ccc2Cl)n1C. The third-order valence-electron chi connectivity index (χ3n) is 5.14. The van der Waals surface area contributed by atoms with Gasteiger partial charge in [-0.1, -0.05) is 60.4 Å². The Morgan fingerprint density at radius 1 is 1.11 bits per heavy atom. The average molecular weight is 586 g/mol. The topological polar surface area (TPSA) is 132 Å². The number of nitrogens with zero attached hydrogens (tertiary/aromatic N) is 4. The van der Waals surface area contributed by atoms with Crippen LogP contribution in [0.3, 0.4) is 0 Å². The zero-order valence-corrected chi connectivity index (χ0v) is 23.1. The van der Waals surface area contributed by atoms with Gasteiger partial charge in [-0.2, -0.15) is 0 Å². The van der Waals surface area contributed by atoms with E-state index in [0.717, 1.165) is 11.8 Å². The second-order valence-corrected chi connectivity index (χ2v) is 10.6. The summed E-state index contributed by atoms with van der Waals surface area (Å²) in [4.78, 5) is 35.8. The maximum Gasteiger partial charge on any atom is 0.271 e. The molecular weight excluding hydrogens is 563 g/mol. The maximum absolute atomic E-state index is 12.9. The molecule has 0 aliphatic carbocycles. The lowest BCUT2D eigenvalue weighted by atomic mass is 10.0. The van der Waals surface area contributed by atoms with Gasteiger partial charge in [0.2, 0.25) is 5.91 Å². The van der Waals surface area contributed by atoms with Crippen LogP contribution in [0.4, 0.5) is 11.4 Å². The van der Waals surface area contributed by atoms with E-state index in [1.165, 1.54) is 24.3 Å². The second kappa shape index (κ2) is 12.6. The van der Waals surface area contributed by atoms with Crippen molar-refractivity contribution in [2.45, 2.75) is 31.5 Å². The molecule has 3 aromatic rings. The van der Waals surface area contributed by atoms with Gasteiger partial charge in [-0.3, -0.25) is 19.7 Å². The van der Waals surface area contributed by atoms with Crippen molar-refractivity contribution in [2.24, 2.45) is 13.0 Å². The van der Waals surface area contributed by atoms with Crippen molar-refractivity contribution in [3.8, 4) is 0 Å². The van der Waals surface area contributed by atoms with Crippen LogP contribution in [-0.4, -0.2) is 37.3 Å². The van der Waals surface area contributed by atoms with Crippen LogP contribution in [-0.2, 0) is 11.8 Å². The van der Waals surface area contributed by atoms with Crippen molar-refractivity contribution in [1.82, 2.24) is 20.1 Å².